The maximum atomic E-state index is 5.90. The molecule has 150 valence electrons. The molecule has 7 nitrogen and oxygen atoms in total. The van der Waals surface area contributed by atoms with Gasteiger partial charge in [-0.05, 0) is 42.8 Å². The Morgan fingerprint density at radius 3 is 2.68 bits per heavy atom. The maximum Gasteiger partial charge on any atom is 0.228 e. The summed E-state index contributed by atoms with van der Waals surface area (Å²) >= 11 is 5.90. The summed E-state index contributed by atoms with van der Waals surface area (Å²) in [6.45, 7) is 4.10. The van der Waals surface area contributed by atoms with Crippen molar-refractivity contribution in [2.45, 2.75) is 19.9 Å². The van der Waals surface area contributed by atoms with E-state index in [0.717, 1.165) is 18.1 Å². The van der Waals surface area contributed by atoms with Gasteiger partial charge in [-0.1, -0.05) is 16.8 Å². The Morgan fingerprint density at radius 1 is 1.21 bits per heavy atom. The summed E-state index contributed by atoms with van der Waals surface area (Å²) < 4.78 is 7.34. The molecular weight excluding hydrogens is 491 g/mol. The lowest BCUT2D eigenvalue weighted by Gasteiger charge is -2.09. The van der Waals surface area contributed by atoms with Crippen LogP contribution >= 0.6 is 35.6 Å². The lowest BCUT2D eigenvalue weighted by Crippen LogP contribution is -2.38. The molecule has 0 aliphatic carbocycles. The summed E-state index contributed by atoms with van der Waals surface area (Å²) in [6, 6.07) is 9.41. The average molecular weight is 515 g/mol. The Balaban J connectivity index is 0.00000280. The van der Waals surface area contributed by atoms with Crippen molar-refractivity contribution in [3.63, 3.8) is 0 Å². The molecule has 0 bridgehead atoms. The van der Waals surface area contributed by atoms with Crippen molar-refractivity contribution in [1.82, 2.24) is 25.3 Å². The molecule has 0 saturated heterocycles. The maximum absolute atomic E-state index is 5.90. The zero-order valence-corrected chi connectivity index (χ0v) is 18.9. The zero-order chi connectivity index (χ0) is 19.1. The van der Waals surface area contributed by atoms with E-state index >= 15 is 0 Å². The highest BCUT2D eigenvalue weighted by Crippen LogP contribution is 2.18. The van der Waals surface area contributed by atoms with E-state index in [0.29, 0.717) is 36.2 Å². The third-order valence-electron chi connectivity index (χ3n) is 3.86. The molecule has 0 aliphatic heterocycles. The molecule has 2 heterocycles. The van der Waals surface area contributed by atoms with Crippen molar-refractivity contribution in [3.8, 4) is 11.4 Å². The summed E-state index contributed by atoms with van der Waals surface area (Å²) in [6.07, 6.45) is 4.68. The Bertz CT molecular complexity index is 890. The lowest BCUT2D eigenvalue weighted by atomic mass is 10.2. The number of rotatable bonds is 7. The summed E-state index contributed by atoms with van der Waals surface area (Å²) in [4.78, 5) is 9.02. The van der Waals surface area contributed by atoms with Crippen molar-refractivity contribution in [1.29, 1.82) is 0 Å². The van der Waals surface area contributed by atoms with Crippen LogP contribution in [0.1, 0.15) is 18.4 Å². The first-order valence-electron chi connectivity index (χ1n) is 8.85. The van der Waals surface area contributed by atoms with Gasteiger partial charge in [0.05, 0.1) is 6.54 Å². The van der Waals surface area contributed by atoms with E-state index < -0.39 is 0 Å². The van der Waals surface area contributed by atoms with Gasteiger partial charge in [-0.2, -0.15) is 4.98 Å². The summed E-state index contributed by atoms with van der Waals surface area (Å²) in [5.41, 5.74) is 2.04. The van der Waals surface area contributed by atoms with Gasteiger partial charge in [-0.25, -0.2) is 4.99 Å². The molecule has 9 heteroatoms. The molecule has 0 unspecified atom stereocenters. The van der Waals surface area contributed by atoms with Crippen molar-refractivity contribution < 1.29 is 4.52 Å². The molecular formula is C19H24ClIN6O. The predicted octanol–water partition coefficient (Wildman–Crippen LogP) is 3.64. The van der Waals surface area contributed by atoms with E-state index in [1.54, 1.807) is 12.1 Å². The van der Waals surface area contributed by atoms with Crippen LogP contribution in [0.25, 0.3) is 11.4 Å². The molecule has 0 amide bonds. The van der Waals surface area contributed by atoms with Gasteiger partial charge in [-0.3, -0.25) is 0 Å². The fraction of sp³-hybridized carbons (Fsp3) is 0.316. The van der Waals surface area contributed by atoms with E-state index in [1.807, 2.05) is 36.9 Å². The Labute approximate surface area is 186 Å². The standard InChI is InChI=1S/C19H23ClN6O.HI/c1-3-21-19(23-12-14-9-11-26(2)13-14)22-10-8-17-24-18(25-27-17)15-4-6-16(20)7-5-15;/h4-7,9,11,13H,3,8,10,12H2,1-2H3,(H2,21,22,23);1H. The number of nitrogens with one attached hydrogen (secondary N) is 2. The predicted molar refractivity (Wildman–Crippen MR) is 122 cm³/mol. The number of aryl methyl sites for hydroxylation is 1. The normalized spacial score (nSPS) is 11.2. The van der Waals surface area contributed by atoms with Crippen molar-refractivity contribution in [2.75, 3.05) is 13.1 Å². The third kappa shape index (κ3) is 6.52. The van der Waals surface area contributed by atoms with Crippen LogP contribution in [-0.2, 0) is 20.0 Å². The molecule has 28 heavy (non-hydrogen) atoms. The fourth-order valence-electron chi connectivity index (χ4n) is 2.53. The van der Waals surface area contributed by atoms with Gasteiger partial charge in [0.25, 0.3) is 0 Å². The third-order valence-corrected chi connectivity index (χ3v) is 4.11. The van der Waals surface area contributed by atoms with Crippen LogP contribution in [0.15, 0.2) is 52.2 Å². The second-order valence-corrected chi connectivity index (χ2v) is 6.51. The highest BCUT2D eigenvalue weighted by molar-refractivity contribution is 14.0. The topological polar surface area (TPSA) is 80.3 Å². The zero-order valence-electron chi connectivity index (χ0n) is 15.9. The SMILES string of the molecule is CCNC(=NCc1ccn(C)c1)NCCc1nc(-c2ccc(Cl)cc2)no1.I. The van der Waals surface area contributed by atoms with E-state index in [1.165, 1.54) is 5.56 Å². The molecule has 3 aromatic rings. The first-order valence-corrected chi connectivity index (χ1v) is 9.23. The largest absolute Gasteiger partial charge is 0.357 e. The number of aliphatic imine (C=N–C) groups is 1. The van der Waals surface area contributed by atoms with Crippen LogP contribution in [0, 0.1) is 0 Å². The monoisotopic (exact) mass is 514 g/mol. The number of aromatic nitrogens is 3. The molecule has 0 spiro atoms. The molecule has 0 fully saturated rings. The molecule has 0 saturated carbocycles. The van der Waals surface area contributed by atoms with Gasteiger partial charge in [0.1, 0.15) is 0 Å². The summed E-state index contributed by atoms with van der Waals surface area (Å²) in [7, 11) is 2.00. The first-order chi connectivity index (χ1) is 13.1. The molecule has 0 atom stereocenters. The number of benzene rings is 1. The molecule has 3 rings (SSSR count). The van der Waals surface area contributed by atoms with Crippen LogP contribution in [0.2, 0.25) is 5.02 Å². The minimum Gasteiger partial charge on any atom is -0.357 e. The van der Waals surface area contributed by atoms with Gasteiger partial charge < -0.3 is 19.7 Å². The van der Waals surface area contributed by atoms with E-state index in [2.05, 4.69) is 38.0 Å². The molecule has 2 aromatic heterocycles. The average Bonchev–Trinajstić information content (AvgIpc) is 3.29. The second kappa shape index (κ2) is 11.1. The minimum absolute atomic E-state index is 0. The quantitative estimate of drug-likeness (QED) is 0.286. The van der Waals surface area contributed by atoms with Crippen LogP contribution in [0.5, 0.6) is 0 Å². The van der Waals surface area contributed by atoms with Crippen molar-refractivity contribution >= 4 is 41.5 Å². The Morgan fingerprint density at radius 2 is 2.00 bits per heavy atom. The van der Waals surface area contributed by atoms with Crippen LogP contribution in [0.3, 0.4) is 0 Å². The van der Waals surface area contributed by atoms with Crippen LogP contribution < -0.4 is 10.6 Å². The molecule has 0 aliphatic rings. The number of hydrogen-bond donors (Lipinski definition) is 2. The van der Waals surface area contributed by atoms with Crippen molar-refractivity contribution in [3.05, 3.63) is 59.2 Å². The lowest BCUT2D eigenvalue weighted by molar-refractivity contribution is 0.378. The molecule has 0 radical (unpaired) electrons. The summed E-state index contributed by atoms with van der Waals surface area (Å²) in [5.74, 6) is 1.90. The van der Waals surface area contributed by atoms with Gasteiger partial charge in [-0.15, -0.1) is 24.0 Å². The van der Waals surface area contributed by atoms with Crippen LogP contribution in [-0.4, -0.2) is 33.8 Å². The molecule has 1 aromatic carbocycles. The summed E-state index contributed by atoms with van der Waals surface area (Å²) in [5, 5.41) is 11.2. The number of guanidine groups is 1. The number of nitrogens with zero attached hydrogens (tertiary/aromatic N) is 4. The highest BCUT2D eigenvalue weighted by Gasteiger charge is 2.09. The number of halogens is 2. The minimum atomic E-state index is 0. The van der Waals surface area contributed by atoms with Gasteiger partial charge in [0.2, 0.25) is 11.7 Å². The number of hydrogen-bond acceptors (Lipinski definition) is 4. The van der Waals surface area contributed by atoms with Gasteiger partial charge in [0, 0.05) is 49.5 Å². The van der Waals surface area contributed by atoms with Gasteiger partial charge >= 0.3 is 0 Å². The van der Waals surface area contributed by atoms with Gasteiger partial charge in [0.15, 0.2) is 5.96 Å². The van der Waals surface area contributed by atoms with E-state index in [-0.39, 0.29) is 24.0 Å². The Kier molecular flexibility index (Phi) is 8.78. The van der Waals surface area contributed by atoms with E-state index in [4.69, 9.17) is 16.1 Å². The smallest absolute Gasteiger partial charge is 0.228 e. The fourth-order valence-corrected chi connectivity index (χ4v) is 2.65. The van der Waals surface area contributed by atoms with Crippen LogP contribution in [0.4, 0.5) is 0 Å². The molecule has 2 N–H and O–H groups in total. The Hall–Kier alpha value is -2.07. The van der Waals surface area contributed by atoms with Crippen molar-refractivity contribution in [2.24, 2.45) is 12.0 Å². The van der Waals surface area contributed by atoms with E-state index in [9.17, 15) is 0 Å². The highest BCUT2D eigenvalue weighted by atomic mass is 127. The second-order valence-electron chi connectivity index (χ2n) is 6.08. The first kappa shape index (κ1) is 22.2.